The van der Waals surface area contributed by atoms with Crippen LogP contribution < -0.4 is 10.1 Å². The minimum Gasteiger partial charge on any atom is -0.486 e. The Hall–Kier alpha value is -2.83. The molecule has 1 amide bonds. The highest BCUT2D eigenvalue weighted by Gasteiger charge is 2.18. The van der Waals surface area contributed by atoms with Crippen molar-refractivity contribution in [1.29, 1.82) is 0 Å². The van der Waals surface area contributed by atoms with Gasteiger partial charge in [0, 0.05) is 18.2 Å². The lowest BCUT2D eigenvalue weighted by Gasteiger charge is -2.14. The molecule has 1 aromatic carbocycles. The van der Waals surface area contributed by atoms with Crippen molar-refractivity contribution in [3.63, 3.8) is 0 Å². The van der Waals surface area contributed by atoms with Gasteiger partial charge in [0.15, 0.2) is 5.76 Å². The van der Waals surface area contributed by atoms with Crippen molar-refractivity contribution in [2.45, 2.75) is 51.2 Å². The van der Waals surface area contributed by atoms with Gasteiger partial charge >= 0.3 is 0 Å². The molecule has 1 aliphatic rings. The molecule has 1 N–H and O–H groups in total. The zero-order chi connectivity index (χ0) is 18.4. The van der Waals surface area contributed by atoms with E-state index in [0.717, 1.165) is 25.7 Å². The smallest absolute Gasteiger partial charge is 0.287 e. The normalized spacial score (nSPS) is 15.2. The predicted molar refractivity (Wildman–Crippen MR) is 95.1 cm³/mol. The zero-order valence-corrected chi connectivity index (χ0v) is 14.5. The van der Waals surface area contributed by atoms with Crippen LogP contribution >= 0.6 is 0 Å². The molecule has 7 nitrogen and oxygen atoms in total. The van der Waals surface area contributed by atoms with Crippen LogP contribution in [0.5, 0.6) is 5.75 Å². The molecule has 26 heavy (non-hydrogen) atoms. The Bertz CT molecular complexity index is 746. The van der Waals surface area contributed by atoms with Gasteiger partial charge < -0.3 is 14.5 Å². The van der Waals surface area contributed by atoms with Crippen LogP contribution in [0.1, 0.15) is 54.8 Å². The third-order valence-corrected chi connectivity index (χ3v) is 4.50. The highest BCUT2D eigenvalue weighted by molar-refractivity contribution is 5.91. The third-order valence-electron chi connectivity index (χ3n) is 4.50. The molecule has 0 radical (unpaired) electrons. The second-order valence-corrected chi connectivity index (χ2v) is 6.47. The number of amides is 1. The maximum Gasteiger partial charge on any atom is 0.287 e. The van der Waals surface area contributed by atoms with E-state index >= 15 is 0 Å². The molecule has 1 heterocycles. The number of hydrogen-bond donors (Lipinski definition) is 1. The van der Waals surface area contributed by atoms with Crippen LogP contribution in [0.4, 0.5) is 5.69 Å². The van der Waals surface area contributed by atoms with Crippen molar-refractivity contribution < 1.29 is 18.9 Å². The van der Waals surface area contributed by atoms with E-state index in [1.165, 1.54) is 37.1 Å². The first-order chi connectivity index (χ1) is 12.6. The second-order valence-electron chi connectivity index (χ2n) is 6.47. The van der Waals surface area contributed by atoms with Crippen LogP contribution in [0.3, 0.4) is 0 Å². The maximum absolute atomic E-state index is 12.3. The van der Waals surface area contributed by atoms with Gasteiger partial charge in [0.25, 0.3) is 11.6 Å². The highest BCUT2D eigenvalue weighted by atomic mass is 16.6. The first kappa shape index (κ1) is 18.0. The molecule has 2 aromatic rings. The molecule has 1 saturated carbocycles. The third kappa shape index (κ3) is 4.84. The Morgan fingerprint density at radius 2 is 1.81 bits per heavy atom. The number of nitrogens with one attached hydrogen (secondary N) is 1. The van der Waals surface area contributed by atoms with Gasteiger partial charge in [0.05, 0.1) is 4.92 Å². The predicted octanol–water partition coefficient (Wildman–Crippen LogP) is 4.22. The quantitative estimate of drug-likeness (QED) is 0.474. The number of furan rings is 1. The molecule has 0 saturated heterocycles. The number of rotatable bonds is 6. The number of nitro groups is 1. The number of carbonyl (C=O) groups is 1. The molecule has 0 spiro atoms. The van der Waals surface area contributed by atoms with E-state index in [4.69, 9.17) is 9.15 Å². The number of carbonyl (C=O) groups excluding carboxylic acids is 1. The summed E-state index contributed by atoms with van der Waals surface area (Å²) in [6.45, 7) is 0.147. The van der Waals surface area contributed by atoms with Crippen LogP contribution in [0.25, 0.3) is 0 Å². The Kier molecular flexibility index (Phi) is 5.88. The molecule has 0 atom stereocenters. The van der Waals surface area contributed by atoms with Crippen LogP contribution in [-0.4, -0.2) is 16.9 Å². The van der Waals surface area contributed by atoms with Gasteiger partial charge in [-0.25, -0.2) is 0 Å². The van der Waals surface area contributed by atoms with E-state index in [0.29, 0.717) is 11.5 Å². The summed E-state index contributed by atoms with van der Waals surface area (Å²) in [6, 6.07) is 9.37. The van der Waals surface area contributed by atoms with Gasteiger partial charge in [0.2, 0.25) is 0 Å². The fraction of sp³-hybridized carbons (Fsp3) is 0.421. The average molecular weight is 358 g/mol. The van der Waals surface area contributed by atoms with Gasteiger partial charge in [0.1, 0.15) is 18.1 Å². The lowest BCUT2D eigenvalue weighted by molar-refractivity contribution is -0.384. The van der Waals surface area contributed by atoms with Crippen LogP contribution in [0.15, 0.2) is 40.8 Å². The van der Waals surface area contributed by atoms with E-state index in [9.17, 15) is 14.9 Å². The lowest BCUT2D eigenvalue weighted by Crippen LogP contribution is -2.34. The summed E-state index contributed by atoms with van der Waals surface area (Å²) in [6.07, 6.45) is 6.80. The Labute approximate surface area is 151 Å². The summed E-state index contributed by atoms with van der Waals surface area (Å²) in [5.41, 5.74) is 0.00724. The first-order valence-electron chi connectivity index (χ1n) is 8.88. The second kappa shape index (κ2) is 8.51. The van der Waals surface area contributed by atoms with Gasteiger partial charge in [-0.3, -0.25) is 14.9 Å². The van der Waals surface area contributed by atoms with Gasteiger partial charge in [-0.1, -0.05) is 25.7 Å². The maximum atomic E-state index is 12.3. The van der Waals surface area contributed by atoms with Crippen LogP contribution in [-0.2, 0) is 6.61 Å². The minimum atomic E-state index is -0.463. The largest absolute Gasteiger partial charge is 0.486 e. The van der Waals surface area contributed by atoms with E-state index in [1.54, 1.807) is 12.1 Å². The van der Waals surface area contributed by atoms with Crippen molar-refractivity contribution >= 4 is 11.6 Å². The molecule has 7 heteroatoms. The number of nitrogens with zero attached hydrogens (tertiary/aromatic N) is 1. The molecular formula is C19H22N2O5. The number of non-ortho nitro benzene ring substituents is 1. The summed E-state index contributed by atoms with van der Waals surface area (Å²) in [5, 5.41) is 13.7. The van der Waals surface area contributed by atoms with Crippen LogP contribution in [0.2, 0.25) is 0 Å². The fourth-order valence-corrected chi connectivity index (χ4v) is 3.08. The van der Waals surface area contributed by atoms with Gasteiger partial charge in [-0.2, -0.15) is 0 Å². The number of hydrogen-bond acceptors (Lipinski definition) is 5. The summed E-state index contributed by atoms with van der Waals surface area (Å²) in [4.78, 5) is 22.5. The Morgan fingerprint density at radius 1 is 1.12 bits per heavy atom. The topological polar surface area (TPSA) is 94.6 Å². The molecular weight excluding hydrogens is 336 g/mol. The SMILES string of the molecule is O=C(NC1CCCCCC1)c1ccc(COc2ccc([N+](=O)[O-])cc2)o1. The molecule has 1 fully saturated rings. The average Bonchev–Trinajstić information content (AvgIpc) is 2.98. The van der Waals surface area contributed by atoms with Crippen molar-refractivity contribution in [3.05, 3.63) is 58.0 Å². The molecule has 138 valence electrons. The number of ether oxygens (including phenoxy) is 1. The lowest BCUT2D eigenvalue weighted by atomic mass is 10.1. The van der Waals surface area contributed by atoms with Gasteiger partial charge in [-0.15, -0.1) is 0 Å². The standard InChI is InChI=1S/C19H22N2O5/c22-19(20-14-5-3-1-2-4-6-14)18-12-11-17(26-18)13-25-16-9-7-15(8-10-16)21(23)24/h7-12,14H,1-6,13H2,(H,20,22). The van der Waals surface area contributed by atoms with E-state index in [-0.39, 0.29) is 30.0 Å². The highest BCUT2D eigenvalue weighted by Crippen LogP contribution is 2.20. The Morgan fingerprint density at radius 3 is 2.46 bits per heavy atom. The zero-order valence-electron chi connectivity index (χ0n) is 14.5. The van der Waals surface area contributed by atoms with E-state index in [2.05, 4.69) is 5.32 Å². The van der Waals surface area contributed by atoms with Crippen LogP contribution in [0, 0.1) is 10.1 Å². The summed E-state index contributed by atoms with van der Waals surface area (Å²) in [7, 11) is 0. The van der Waals surface area contributed by atoms with Gasteiger partial charge in [-0.05, 0) is 37.1 Å². The molecule has 1 aliphatic carbocycles. The Balaban J connectivity index is 1.52. The van der Waals surface area contributed by atoms with Crippen molar-refractivity contribution in [2.75, 3.05) is 0 Å². The summed E-state index contributed by atoms with van der Waals surface area (Å²) in [5.74, 6) is 1.10. The molecule has 1 aromatic heterocycles. The summed E-state index contributed by atoms with van der Waals surface area (Å²) < 4.78 is 11.1. The van der Waals surface area contributed by atoms with Crippen molar-refractivity contribution in [3.8, 4) is 5.75 Å². The monoisotopic (exact) mass is 358 g/mol. The molecule has 0 aliphatic heterocycles. The van der Waals surface area contributed by atoms with Crippen molar-refractivity contribution in [1.82, 2.24) is 5.32 Å². The minimum absolute atomic E-state index is 0.00724. The fourth-order valence-electron chi connectivity index (χ4n) is 3.08. The van der Waals surface area contributed by atoms with E-state index in [1.807, 2.05) is 0 Å². The van der Waals surface area contributed by atoms with Crippen molar-refractivity contribution in [2.24, 2.45) is 0 Å². The summed E-state index contributed by atoms with van der Waals surface area (Å²) >= 11 is 0. The molecule has 3 rings (SSSR count). The van der Waals surface area contributed by atoms with E-state index < -0.39 is 4.92 Å². The molecule has 0 unspecified atom stereocenters. The number of benzene rings is 1. The number of nitro benzene ring substituents is 1. The molecule has 0 bridgehead atoms. The first-order valence-corrected chi connectivity index (χ1v) is 8.88.